The van der Waals surface area contributed by atoms with Crippen LogP contribution in [-0.2, 0) is 14.8 Å². The molecule has 0 aliphatic heterocycles. The van der Waals surface area contributed by atoms with E-state index in [-0.39, 0.29) is 16.0 Å². The first kappa shape index (κ1) is 14.8. The number of benzene rings is 1. The van der Waals surface area contributed by atoms with Crippen molar-refractivity contribution in [3.8, 4) is 0 Å². The van der Waals surface area contributed by atoms with Crippen molar-refractivity contribution in [1.29, 1.82) is 0 Å². The van der Waals surface area contributed by atoms with Crippen LogP contribution in [0.15, 0.2) is 27.6 Å². The Bertz CT molecular complexity index is 595. The molecule has 19 heavy (non-hydrogen) atoms. The molecule has 0 aromatic heterocycles. The predicted molar refractivity (Wildman–Crippen MR) is 73.7 cm³/mol. The van der Waals surface area contributed by atoms with Crippen LogP contribution >= 0.6 is 27.5 Å². The first-order valence-electron chi connectivity index (χ1n) is 5.51. The van der Waals surface area contributed by atoms with Crippen LogP contribution in [0.4, 0.5) is 0 Å². The number of aliphatic carboxylic acids is 1. The van der Waals surface area contributed by atoms with E-state index in [9.17, 15) is 13.2 Å². The molecule has 1 aromatic rings. The van der Waals surface area contributed by atoms with Crippen LogP contribution in [-0.4, -0.2) is 36.4 Å². The van der Waals surface area contributed by atoms with Crippen LogP contribution in [0, 0.1) is 0 Å². The lowest BCUT2D eigenvalue weighted by molar-refractivity contribution is -0.137. The second kappa shape index (κ2) is 5.40. The number of sulfonamides is 1. The Morgan fingerprint density at radius 1 is 1.47 bits per heavy atom. The molecule has 2 rings (SSSR count). The number of carboxylic acid groups (broad SMARTS) is 1. The standard InChI is InChI=1S/C11H11BrClNO4S/c12-8-2-1-3-9(13)11(8)19(17,18)14(6-10(15)16)7-4-5-7/h1-3,7H,4-6H2,(H,15,16). The predicted octanol–water partition coefficient (Wildman–Crippen LogP) is 2.34. The van der Waals surface area contributed by atoms with Crippen LogP contribution in [0.5, 0.6) is 0 Å². The highest BCUT2D eigenvalue weighted by Gasteiger charge is 2.40. The molecule has 104 valence electrons. The highest BCUT2D eigenvalue weighted by molar-refractivity contribution is 9.10. The average molecular weight is 369 g/mol. The third-order valence-corrected chi connectivity index (χ3v) is 6.08. The van der Waals surface area contributed by atoms with E-state index in [1.807, 2.05) is 0 Å². The van der Waals surface area contributed by atoms with E-state index in [0.29, 0.717) is 17.3 Å². The molecule has 1 aromatic carbocycles. The summed E-state index contributed by atoms with van der Waals surface area (Å²) in [4.78, 5) is 10.8. The van der Waals surface area contributed by atoms with E-state index in [1.165, 1.54) is 6.07 Å². The van der Waals surface area contributed by atoms with Crippen molar-refractivity contribution in [3.05, 3.63) is 27.7 Å². The minimum absolute atomic E-state index is 0.0745. The van der Waals surface area contributed by atoms with Gasteiger partial charge in [0.15, 0.2) is 0 Å². The van der Waals surface area contributed by atoms with Gasteiger partial charge >= 0.3 is 5.97 Å². The van der Waals surface area contributed by atoms with E-state index < -0.39 is 22.5 Å². The Hall–Kier alpha value is -0.630. The number of rotatable bonds is 5. The third kappa shape index (κ3) is 3.10. The summed E-state index contributed by atoms with van der Waals surface area (Å²) in [7, 11) is -3.92. The number of carbonyl (C=O) groups is 1. The molecule has 1 N–H and O–H groups in total. The molecule has 5 nitrogen and oxygen atoms in total. The zero-order chi connectivity index (χ0) is 14.2. The Kier molecular flexibility index (Phi) is 4.20. The van der Waals surface area contributed by atoms with E-state index in [4.69, 9.17) is 16.7 Å². The lowest BCUT2D eigenvalue weighted by Gasteiger charge is -2.21. The maximum atomic E-state index is 12.5. The van der Waals surface area contributed by atoms with Gasteiger partial charge in [0.2, 0.25) is 10.0 Å². The van der Waals surface area contributed by atoms with Gasteiger partial charge in [0.05, 0.1) is 5.02 Å². The SMILES string of the molecule is O=C(O)CN(C1CC1)S(=O)(=O)c1c(Cl)cccc1Br. The fourth-order valence-electron chi connectivity index (χ4n) is 1.75. The van der Waals surface area contributed by atoms with Crippen LogP contribution in [0.3, 0.4) is 0 Å². The molecule has 0 atom stereocenters. The minimum Gasteiger partial charge on any atom is -0.480 e. The summed E-state index contributed by atoms with van der Waals surface area (Å²) in [5, 5.41) is 8.93. The Morgan fingerprint density at radius 3 is 2.58 bits per heavy atom. The summed E-state index contributed by atoms with van der Waals surface area (Å²) >= 11 is 9.09. The van der Waals surface area contributed by atoms with Gasteiger partial charge in [-0.3, -0.25) is 4.79 Å². The van der Waals surface area contributed by atoms with Crippen molar-refractivity contribution >= 4 is 43.5 Å². The normalized spacial score (nSPS) is 15.7. The molecule has 1 fully saturated rings. The van der Waals surface area contributed by atoms with Crippen molar-refractivity contribution in [1.82, 2.24) is 4.31 Å². The maximum absolute atomic E-state index is 12.5. The van der Waals surface area contributed by atoms with Crippen LogP contribution in [0.1, 0.15) is 12.8 Å². The van der Waals surface area contributed by atoms with Gasteiger partial charge in [-0.2, -0.15) is 4.31 Å². The van der Waals surface area contributed by atoms with Crippen molar-refractivity contribution in [2.45, 2.75) is 23.8 Å². The van der Waals surface area contributed by atoms with Crippen molar-refractivity contribution in [2.75, 3.05) is 6.54 Å². The fourth-order valence-corrected chi connectivity index (χ4v) is 5.06. The molecule has 0 amide bonds. The van der Waals surface area contributed by atoms with Crippen LogP contribution in [0.25, 0.3) is 0 Å². The van der Waals surface area contributed by atoms with E-state index in [2.05, 4.69) is 15.9 Å². The number of nitrogens with zero attached hydrogens (tertiary/aromatic N) is 1. The van der Waals surface area contributed by atoms with E-state index >= 15 is 0 Å². The fraction of sp³-hybridized carbons (Fsp3) is 0.364. The molecular weight excluding hydrogens is 358 g/mol. The highest BCUT2D eigenvalue weighted by atomic mass is 79.9. The quantitative estimate of drug-likeness (QED) is 0.865. The Balaban J connectivity index is 2.48. The molecule has 0 bridgehead atoms. The summed E-state index contributed by atoms with van der Waals surface area (Å²) in [6, 6.07) is 4.39. The van der Waals surface area contributed by atoms with Gasteiger partial charge in [0, 0.05) is 10.5 Å². The van der Waals surface area contributed by atoms with Gasteiger partial charge in [0.1, 0.15) is 11.4 Å². The van der Waals surface area contributed by atoms with Crippen molar-refractivity contribution in [2.24, 2.45) is 0 Å². The molecule has 0 saturated heterocycles. The molecule has 0 spiro atoms. The van der Waals surface area contributed by atoms with Crippen molar-refractivity contribution in [3.63, 3.8) is 0 Å². The summed E-state index contributed by atoms with van der Waals surface area (Å²) in [6.45, 7) is -0.551. The summed E-state index contributed by atoms with van der Waals surface area (Å²) in [5.74, 6) is -1.18. The maximum Gasteiger partial charge on any atom is 0.318 e. The minimum atomic E-state index is -3.92. The zero-order valence-corrected chi connectivity index (χ0v) is 12.9. The van der Waals surface area contributed by atoms with E-state index in [0.717, 1.165) is 4.31 Å². The van der Waals surface area contributed by atoms with E-state index in [1.54, 1.807) is 12.1 Å². The van der Waals surface area contributed by atoms with Crippen LogP contribution < -0.4 is 0 Å². The smallest absolute Gasteiger partial charge is 0.318 e. The second-order valence-corrected chi connectivity index (χ2v) is 7.31. The van der Waals surface area contributed by atoms with Gasteiger partial charge in [-0.25, -0.2) is 8.42 Å². The first-order chi connectivity index (χ1) is 8.84. The van der Waals surface area contributed by atoms with Gasteiger partial charge in [0.25, 0.3) is 0 Å². The molecule has 0 unspecified atom stereocenters. The van der Waals surface area contributed by atoms with Crippen LogP contribution in [0.2, 0.25) is 5.02 Å². The molecule has 1 aliphatic rings. The highest BCUT2D eigenvalue weighted by Crippen LogP contribution is 2.37. The first-order valence-corrected chi connectivity index (χ1v) is 8.13. The topological polar surface area (TPSA) is 74.7 Å². The molecular formula is C11H11BrClNO4S. The molecule has 1 aliphatic carbocycles. The molecule has 0 heterocycles. The zero-order valence-electron chi connectivity index (χ0n) is 9.71. The van der Waals surface area contributed by atoms with Gasteiger partial charge in [-0.15, -0.1) is 0 Å². The van der Waals surface area contributed by atoms with Gasteiger partial charge < -0.3 is 5.11 Å². The molecule has 0 radical (unpaired) electrons. The average Bonchev–Trinajstić information content (AvgIpc) is 3.08. The third-order valence-electron chi connectivity index (χ3n) is 2.73. The Morgan fingerprint density at radius 2 is 2.11 bits per heavy atom. The monoisotopic (exact) mass is 367 g/mol. The lowest BCUT2D eigenvalue weighted by Crippen LogP contribution is -2.37. The lowest BCUT2D eigenvalue weighted by atomic mass is 10.4. The number of carboxylic acids is 1. The molecule has 8 heteroatoms. The summed E-state index contributed by atoms with van der Waals surface area (Å²) in [6.07, 6.45) is 1.35. The summed E-state index contributed by atoms with van der Waals surface area (Å²) in [5.41, 5.74) is 0. The molecule has 1 saturated carbocycles. The Labute approximate surface area is 124 Å². The number of hydrogen-bond acceptors (Lipinski definition) is 3. The summed E-state index contributed by atoms with van der Waals surface area (Å²) < 4.78 is 26.4. The second-order valence-electron chi connectivity index (χ2n) is 4.23. The van der Waals surface area contributed by atoms with Crippen molar-refractivity contribution < 1.29 is 18.3 Å². The van der Waals surface area contributed by atoms with Gasteiger partial charge in [-0.1, -0.05) is 17.7 Å². The number of hydrogen-bond donors (Lipinski definition) is 1. The largest absolute Gasteiger partial charge is 0.480 e. The van der Waals surface area contributed by atoms with Gasteiger partial charge in [-0.05, 0) is 40.9 Å². The number of halogens is 2.